The third-order valence-electron chi connectivity index (χ3n) is 3.08. The Labute approximate surface area is 143 Å². The molecule has 0 aromatic heterocycles. The molecule has 0 unspecified atom stereocenters. The van der Waals surface area contributed by atoms with Crippen LogP contribution in [0.3, 0.4) is 0 Å². The monoisotopic (exact) mass is 344 g/mol. The summed E-state index contributed by atoms with van der Waals surface area (Å²) < 4.78 is 4.80. The Morgan fingerprint density at radius 3 is 2.28 bits per heavy atom. The van der Waals surface area contributed by atoms with E-state index in [1.807, 2.05) is 0 Å². The lowest BCUT2D eigenvalue weighted by Gasteiger charge is -2.09. The molecule has 2 aromatic rings. The average molecular weight is 344 g/mol. The van der Waals surface area contributed by atoms with Gasteiger partial charge in [0, 0.05) is 11.1 Å². The summed E-state index contributed by atoms with van der Waals surface area (Å²) in [4.78, 5) is 44.1. The van der Waals surface area contributed by atoms with Crippen LogP contribution in [0.1, 0.15) is 15.9 Å². The van der Waals surface area contributed by atoms with Crippen molar-refractivity contribution >= 4 is 17.7 Å². The topological polar surface area (TPSA) is 99.1 Å². The largest absolute Gasteiger partial charge is 0.481 e. The van der Waals surface area contributed by atoms with Crippen LogP contribution in [0.5, 0.6) is 5.75 Å². The first-order valence-corrected chi connectivity index (χ1v) is 7.43. The molecule has 0 aliphatic rings. The summed E-state index contributed by atoms with van der Waals surface area (Å²) in [6.45, 7) is -0.298. The maximum Gasteiger partial charge on any atom is 0.379 e. The molecule has 0 aliphatic carbocycles. The zero-order valence-corrected chi connectivity index (χ0v) is 13.2. The first-order chi connectivity index (χ1) is 12.1. The highest BCUT2D eigenvalue weighted by atomic mass is 17.2. The van der Waals surface area contributed by atoms with Crippen LogP contribution < -0.4 is 4.89 Å². The molecule has 2 rings (SSSR count). The highest BCUT2D eigenvalue weighted by Crippen LogP contribution is 2.18. The van der Waals surface area contributed by atoms with Crippen molar-refractivity contribution in [3.8, 4) is 5.75 Å². The molecule has 0 radical (unpaired) electrons. The van der Waals surface area contributed by atoms with E-state index in [1.165, 1.54) is 12.1 Å². The summed E-state index contributed by atoms with van der Waals surface area (Å²) >= 11 is 0. The number of carboxylic acid groups (broad SMARTS) is 1. The molecule has 0 heterocycles. The molecule has 0 atom stereocenters. The van der Waals surface area contributed by atoms with Crippen molar-refractivity contribution in [1.29, 1.82) is 0 Å². The van der Waals surface area contributed by atoms with Gasteiger partial charge in [0.15, 0.2) is 5.75 Å². The fraction of sp³-hybridized carbons (Fsp3) is 0.167. The zero-order chi connectivity index (χ0) is 18.1. The third kappa shape index (κ3) is 5.74. The Morgan fingerprint density at radius 2 is 1.56 bits per heavy atom. The van der Waals surface area contributed by atoms with Crippen molar-refractivity contribution in [3.63, 3.8) is 0 Å². The molecule has 7 nitrogen and oxygen atoms in total. The molecule has 0 amide bonds. The number of carboxylic acids is 1. The lowest BCUT2D eigenvalue weighted by molar-refractivity contribution is -0.215. The highest BCUT2D eigenvalue weighted by molar-refractivity contribution is 6.40. The zero-order valence-electron chi connectivity index (χ0n) is 13.2. The highest BCUT2D eigenvalue weighted by Gasteiger charge is 2.17. The number of hydrogen-bond donors (Lipinski definition) is 1. The van der Waals surface area contributed by atoms with E-state index in [9.17, 15) is 14.4 Å². The number of ketones is 1. The maximum absolute atomic E-state index is 11.8. The number of esters is 1. The second kappa shape index (κ2) is 9.19. The summed E-state index contributed by atoms with van der Waals surface area (Å²) in [6.07, 6.45) is -0.208. The minimum Gasteiger partial charge on any atom is -0.481 e. The van der Waals surface area contributed by atoms with Crippen molar-refractivity contribution in [2.75, 3.05) is 13.2 Å². The Kier molecular flexibility index (Phi) is 6.67. The quantitative estimate of drug-likeness (QED) is 0.186. The van der Waals surface area contributed by atoms with Crippen LogP contribution in [-0.2, 0) is 25.6 Å². The molecular formula is C18H16O7. The summed E-state index contributed by atoms with van der Waals surface area (Å²) in [7, 11) is 0. The van der Waals surface area contributed by atoms with E-state index in [2.05, 4.69) is 0 Å². The van der Waals surface area contributed by atoms with Crippen molar-refractivity contribution in [2.45, 2.75) is 6.42 Å². The Hall–Kier alpha value is -3.19. The molecule has 1 N–H and O–H groups in total. The van der Waals surface area contributed by atoms with Gasteiger partial charge in [0.05, 0.1) is 6.42 Å². The fourth-order valence-electron chi connectivity index (χ4n) is 1.94. The fourth-order valence-corrected chi connectivity index (χ4v) is 1.94. The number of para-hydroxylation sites is 1. The van der Waals surface area contributed by atoms with Crippen molar-refractivity contribution < 1.29 is 34.0 Å². The number of rotatable bonds is 9. The standard InChI is InChI=1S/C18H16O7/c19-16(20)12-14-8-4-5-9-15(14)25-24-11-10-23-18(22)17(21)13-6-2-1-3-7-13/h1-9H,10-12H2,(H,19,20). The molecule has 0 spiro atoms. The molecule has 0 aliphatic heterocycles. The molecule has 0 saturated carbocycles. The molecule has 0 fully saturated rings. The minimum absolute atomic E-state index is 0.116. The van der Waals surface area contributed by atoms with Crippen molar-refractivity contribution in [2.24, 2.45) is 0 Å². The number of ether oxygens (including phenoxy) is 1. The van der Waals surface area contributed by atoms with Gasteiger partial charge in [-0.3, -0.25) is 9.59 Å². The Bertz CT molecular complexity index is 740. The predicted octanol–water partition coefficient (Wildman–Crippen LogP) is 2.05. The Morgan fingerprint density at radius 1 is 0.880 bits per heavy atom. The van der Waals surface area contributed by atoms with Crippen LogP contribution in [0.2, 0.25) is 0 Å². The second-order valence-corrected chi connectivity index (χ2v) is 4.91. The van der Waals surface area contributed by atoms with Crippen LogP contribution in [0.25, 0.3) is 0 Å². The number of carbonyl (C=O) groups excluding carboxylic acids is 2. The van der Waals surface area contributed by atoms with E-state index in [-0.39, 0.29) is 30.9 Å². The molecule has 25 heavy (non-hydrogen) atoms. The first-order valence-electron chi connectivity index (χ1n) is 7.43. The SMILES string of the molecule is O=C(O)Cc1ccccc1OOCCOC(=O)C(=O)c1ccccc1. The van der Waals surface area contributed by atoms with E-state index in [0.29, 0.717) is 5.56 Å². The number of aliphatic carboxylic acids is 1. The van der Waals surface area contributed by atoms with Gasteiger partial charge < -0.3 is 14.7 Å². The molecule has 0 bridgehead atoms. The lowest BCUT2D eigenvalue weighted by Crippen LogP contribution is -2.20. The normalized spacial score (nSPS) is 10.1. The van der Waals surface area contributed by atoms with Crippen LogP contribution in [0, 0.1) is 0 Å². The third-order valence-corrected chi connectivity index (χ3v) is 3.08. The average Bonchev–Trinajstić information content (AvgIpc) is 2.62. The van der Waals surface area contributed by atoms with Gasteiger partial charge in [-0.15, -0.1) is 0 Å². The maximum atomic E-state index is 11.8. The Balaban J connectivity index is 1.74. The van der Waals surface area contributed by atoms with Gasteiger partial charge in [-0.1, -0.05) is 48.5 Å². The van der Waals surface area contributed by atoms with Gasteiger partial charge in [0.25, 0.3) is 5.78 Å². The summed E-state index contributed by atoms with van der Waals surface area (Å²) in [5.41, 5.74) is 0.693. The molecule has 0 saturated heterocycles. The van der Waals surface area contributed by atoms with Crippen LogP contribution in [0.15, 0.2) is 54.6 Å². The van der Waals surface area contributed by atoms with Gasteiger partial charge in [-0.25, -0.2) is 4.79 Å². The van der Waals surface area contributed by atoms with Gasteiger partial charge in [0.2, 0.25) is 0 Å². The van der Waals surface area contributed by atoms with E-state index in [0.717, 1.165) is 0 Å². The predicted molar refractivity (Wildman–Crippen MR) is 86.1 cm³/mol. The number of Topliss-reactive ketones (excluding diaryl/α,β-unsaturated/α-hetero) is 1. The summed E-state index contributed by atoms with van der Waals surface area (Å²) in [5.74, 6) is -2.46. The van der Waals surface area contributed by atoms with Crippen LogP contribution in [-0.4, -0.2) is 36.0 Å². The molecule has 2 aromatic carbocycles. The van der Waals surface area contributed by atoms with E-state index < -0.39 is 17.7 Å². The van der Waals surface area contributed by atoms with Crippen LogP contribution in [0.4, 0.5) is 0 Å². The molecular weight excluding hydrogens is 328 g/mol. The summed E-state index contributed by atoms with van der Waals surface area (Å²) in [6, 6.07) is 14.6. The van der Waals surface area contributed by atoms with Gasteiger partial charge in [-0.05, 0) is 6.07 Å². The van der Waals surface area contributed by atoms with Gasteiger partial charge in [-0.2, -0.15) is 4.89 Å². The number of hydrogen-bond acceptors (Lipinski definition) is 6. The van der Waals surface area contributed by atoms with E-state index in [4.69, 9.17) is 19.6 Å². The van der Waals surface area contributed by atoms with Crippen LogP contribution >= 0.6 is 0 Å². The smallest absolute Gasteiger partial charge is 0.379 e. The summed E-state index contributed by atoms with van der Waals surface area (Å²) in [5, 5.41) is 8.82. The minimum atomic E-state index is -0.996. The van der Waals surface area contributed by atoms with Crippen molar-refractivity contribution in [1.82, 2.24) is 0 Å². The molecule has 130 valence electrons. The van der Waals surface area contributed by atoms with Gasteiger partial charge in [0.1, 0.15) is 13.2 Å². The second-order valence-electron chi connectivity index (χ2n) is 4.91. The lowest BCUT2D eigenvalue weighted by atomic mass is 10.1. The number of carbonyl (C=O) groups is 3. The van der Waals surface area contributed by atoms with Gasteiger partial charge >= 0.3 is 11.9 Å². The first kappa shape index (κ1) is 18.2. The van der Waals surface area contributed by atoms with E-state index >= 15 is 0 Å². The molecule has 7 heteroatoms. The van der Waals surface area contributed by atoms with Crippen molar-refractivity contribution in [3.05, 3.63) is 65.7 Å². The van der Waals surface area contributed by atoms with E-state index in [1.54, 1.807) is 42.5 Å². The number of benzene rings is 2.